The molecule has 0 aliphatic carbocycles. The fourth-order valence-electron chi connectivity index (χ4n) is 1.01. The molecule has 1 aromatic rings. The van der Waals surface area contributed by atoms with Gasteiger partial charge in [0.25, 0.3) is 0 Å². The number of nitrogens with zero attached hydrogens (tertiary/aromatic N) is 1. The van der Waals surface area contributed by atoms with E-state index in [1.807, 2.05) is 6.07 Å². The van der Waals surface area contributed by atoms with Crippen molar-refractivity contribution in [1.29, 1.82) is 0 Å². The number of aliphatic imine (C=N–C) groups is 1. The Morgan fingerprint density at radius 2 is 2.13 bits per heavy atom. The molecule has 0 radical (unpaired) electrons. The molecule has 0 saturated heterocycles. The molecule has 0 bridgehead atoms. The fraction of sp³-hybridized carbons (Fsp3) is 0.273. The van der Waals surface area contributed by atoms with Crippen molar-refractivity contribution in [1.82, 2.24) is 5.32 Å². The average molecular weight is 206 g/mol. The molecule has 0 amide bonds. The number of benzene rings is 1. The maximum atomic E-state index is 11.5. The van der Waals surface area contributed by atoms with Gasteiger partial charge in [0, 0.05) is 7.05 Å². The van der Waals surface area contributed by atoms with Crippen LogP contribution >= 0.6 is 0 Å². The number of nitrogens with one attached hydrogen (secondary N) is 1. The summed E-state index contributed by atoms with van der Waals surface area (Å²) in [4.78, 5) is 15.4. The molecule has 1 aromatic carbocycles. The van der Waals surface area contributed by atoms with Crippen molar-refractivity contribution >= 4 is 12.3 Å². The third-order valence-corrected chi connectivity index (χ3v) is 1.70. The molecule has 1 N–H and O–H groups in total. The van der Waals surface area contributed by atoms with E-state index in [-0.39, 0.29) is 5.97 Å². The van der Waals surface area contributed by atoms with Gasteiger partial charge in [0.15, 0.2) is 6.23 Å². The second-order valence-electron chi connectivity index (χ2n) is 2.94. The number of carbonyl (C=O) groups is 1. The van der Waals surface area contributed by atoms with Gasteiger partial charge in [-0.15, -0.1) is 0 Å². The predicted octanol–water partition coefficient (Wildman–Crippen LogP) is 1.44. The Balaban J connectivity index is 2.53. The Morgan fingerprint density at radius 1 is 1.47 bits per heavy atom. The number of rotatable bonds is 4. The molecule has 0 aliphatic rings. The lowest BCUT2D eigenvalue weighted by Gasteiger charge is -2.08. The highest BCUT2D eigenvalue weighted by Gasteiger charge is 2.09. The molecule has 80 valence electrons. The van der Waals surface area contributed by atoms with E-state index in [1.165, 1.54) is 6.34 Å². The van der Waals surface area contributed by atoms with Crippen LogP contribution in [-0.4, -0.2) is 25.6 Å². The van der Waals surface area contributed by atoms with Crippen molar-refractivity contribution in [3.05, 3.63) is 35.9 Å². The number of hydrogen-bond donors (Lipinski definition) is 1. The zero-order chi connectivity index (χ0) is 11.1. The topological polar surface area (TPSA) is 50.7 Å². The van der Waals surface area contributed by atoms with E-state index in [0.717, 1.165) is 0 Å². The first-order valence-electron chi connectivity index (χ1n) is 4.69. The molecule has 0 aliphatic heterocycles. The molecule has 4 heteroatoms. The van der Waals surface area contributed by atoms with Crippen molar-refractivity contribution in [2.75, 3.05) is 7.05 Å². The van der Waals surface area contributed by atoms with E-state index in [0.29, 0.717) is 5.56 Å². The van der Waals surface area contributed by atoms with Crippen LogP contribution in [0.5, 0.6) is 0 Å². The van der Waals surface area contributed by atoms with Gasteiger partial charge in [-0.3, -0.25) is 0 Å². The summed E-state index contributed by atoms with van der Waals surface area (Å²) in [6, 6.07) is 8.84. The monoisotopic (exact) mass is 206 g/mol. The highest BCUT2D eigenvalue weighted by molar-refractivity contribution is 5.89. The lowest BCUT2D eigenvalue weighted by molar-refractivity contribution is 0.0360. The summed E-state index contributed by atoms with van der Waals surface area (Å²) < 4.78 is 5.06. The second kappa shape index (κ2) is 5.80. The fourth-order valence-corrected chi connectivity index (χ4v) is 1.01. The highest BCUT2D eigenvalue weighted by Crippen LogP contribution is 2.03. The first kappa shape index (κ1) is 11.2. The highest BCUT2D eigenvalue weighted by atomic mass is 16.6. The first-order chi connectivity index (χ1) is 7.24. The molecule has 15 heavy (non-hydrogen) atoms. The van der Waals surface area contributed by atoms with E-state index in [9.17, 15) is 4.79 Å². The van der Waals surface area contributed by atoms with Crippen LogP contribution in [0, 0.1) is 0 Å². The van der Waals surface area contributed by atoms with Gasteiger partial charge in [0.1, 0.15) is 0 Å². The minimum Gasteiger partial charge on any atom is -0.436 e. The van der Waals surface area contributed by atoms with E-state index >= 15 is 0 Å². The van der Waals surface area contributed by atoms with Crippen LogP contribution in [0.3, 0.4) is 0 Å². The van der Waals surface area contributed by atoms with Crippen LogP contribution in [0.2, 0.25) is 0 Å². The van der Waals surface area contributed by atoms with Gasteiger partial charge in [0.2, 0.25) is 0 Å². The van der Waals surface area contributed by atoms with Crippen LogP contribution in [0.25, 0.3) is 0 Å². The summed E-state index contributed by atoms with van der Waals surface area (Å²) in [6.45, 7) is 1.70. The molecule has 4 nitrogen and oxygen atoms in total. The number of ether oxygens (including phenoxy) is 1. The third kappa shape index (κ3) is 3.81. The van der Waals surface area contributed by atoms with Crippen molar-refractivity contribution in [2.45, 2.75) is 13.2 Å². The largest absolute Gasteiger partial charge is 0.436 e. The van der Waals surface area contributed by atoms with E-state index in [1.54, 1.807) is 38.2 Å². The Labute approximate surface area is 89.0 Å². The number of carbonyl (C=O) groups excluding carboxylic acids is 1. The van der Waals surface area contributed by atoms with Gasteiger partial charge in [-0.2, -0.15) is 0 Å². The summed E-state index contributed by atoms with van der Waals surface area (Å²) in [6.07, 6.45) is 1.01. The molecular weight excluding hydrogens is 192 g/mol. The lowest BCUT2D eigenvalue weighted by Crippen LogP contribution is -2.15. The van der Waals surface area contributed by atoms with Gasteiger partial charge in [-0.1, -0.05) is 18.2 Å². The van der Waals surface area contributed by atoms with Gasteiger partial charge in [0.05, 0.1) is 11.9 Å². The quantitative estimate of drug-likeness (QED) is 0.460. The third-order valence-electron chi connectivity index (χ3n) is 1.70. The van der Waals surface area contributed by atoms with Crippen molar-refractivity contribution in [2.24, 2.45) is 4.99 Å². The van der Waals surface area contributed by atoms with Crippen LogP contribution in [0.1, 0.15) is 17.3 Å². The van der Waals surface area contributed by atoms with Crippen molar-refractivity contribution in [3.8, 4) is 0 Å². The molecule has 1 unspecified atom stereocenters. The molecule has 0 saturated carbocycles. The Bertz CT molecular complexity index is 336. The standard InChI is InChI=1S/C11H14N2O2/c1-9(13-8-12-2)15-11(14)10-6-4-3-5-7-10/h3-9H,1-2H3,(H,12,13). The minimum absolute atomic E-state index is 0.364. The van der Waals surface area contributed by atoms with Crippen molar-refractivity contribution in [3.63, 3.8) is 0 Å². The summed E-state index contributed by atoms with van der Waals surface area (Å²) >= 11 is 0. The number of esters is 1. The maximum absolute atomic E-state index is 11.5. The zero-order valence-electron chi connectivity index (χ0n) is 8.81. The lowest BCUT2D eigenvalue weighted by atomic mass is 10.2. The molecule has 0 aromatic heterocycles. The van der Waals surface area contributed by atoms with Crippen LogP contribution < -0.4 is 5.32 Å². The normalized spacial score (nSPS) is 12.4. The molecule has 0 fully saturated rings. The minimum atomic E-state index is -0.481. The summed E-state index contributed by atoms with van der Waals surface area (Å²) in [7, 11) is 1.73. The molecule has 1 rings (SSSR count). The Hall–Kier alpha value is -1.84. The van der Waals surface area contributed by atoms with Crippen molar-refractivity contribution < 1.29 is 9.53 Å². The SMILES string of the molecule is CNC=NC(C)OC(=O)c1ccccc1. The Kier molecular flexibility index (Phi) is 4.34. The van der Waals surface area contributed by atoms with Gasteiger partial charge >= 0.3 is 5.97 Å². The molecule has 1 atom stereocenters. The predicted molar refractivity (Wildman–Crippen MR) is 58.9 cm³/mol. The van der Waals surface area contributed by atoms with Crippen LogP contribution in [-0.2, 0) is 4.74 Å². The van der Waals surface area contributed by atoms with E-state index in [2.05, 4.69) is 10.3 Å². The molecular formula is C11H14N2O2. The summed E-state index contributed by atoms with van der Waals surface area (Å²) in [5.41, 5.74) is 0.531. The Morgan fingerprint density at radius 3 is 2.73 bits per heavy atom. The molecule has 0 spiro atoms. The smallest absolute Gasteiger partial charge is 0.340 e. The number of hydrogen-bond acceptors (Lipinski definition) is 3. The molecule has 0 heterocycles. The van der Waals surface area contributed by atoms with E-state index < -0.39 is 6.23 Å². The summed E-state index contributed by atoms with van der Waals surface area (Å²) in [5, 5.41) is 2.73. The van der Waals surface area contributed by atoms with Gasteiger partial charge in [-0.25, -0.2) is 9.79 Å². The summed E-state index contributed by atoms with van der Waals surface area (Å²) in [5.74, 6) is -0.364. The van der Waals surface area contributed by atoms with Crippen LogP contribution in [0.4, 0.5) is 0 Å². The maximum Gasteiger partial charge on any atom is 0.340 e. The zero-order valence-corrected chi connectivity index (χ0v) is 8.81. The van der Waals surface area contributed by atoms with Crippen LogP contribution in [0.15, 0.2) is 35.3 Å². The van der Waals surface area contributed by atoms with E-state index in [4.69, 9.17) is 4.74 Å². The average Bonchev–Trinajstić information content (AvgIpc) is 2.27. The first-order valence-corrected chi connectivity index (χ1v) is 4.69. The van der Waals surface area contributed by atoms with Gasteiger partial charge < -0.3 is 10.1 Å². The second-order valence-corrected chi connectivity index (χ2v) is 2.94. The van der Waals surface area contributed by atoms with Gasteiger partial charge in [-0.05, 0) is 19.1 Å².